The number of aliphatic carboxylic acids is 1. The molecule has 0 spiro atoms. The van der Waals surface area contributed by atoms with Crippen LogP contribution < -0.4 is 5.73 Å². The zero-order valence-electron chi connectivity index (χ0n) is 6.91. The van der Waals surface area contributed by atoms with Crippen LogP contribution in [0, 0.1) is 5.92 Å². The molecule has 0 aromatic rings. The van der Waals surface area contributed by atoms with Gasteiger partial charge in [-0.05, 0) is 11.7 Å². The molecule has 0 aliphatic heterocycles. The molecular formula is C7H15NO2S. The van der Waals surface area contributed by atoms with Gasteiger partial charge in [-0.15, -0.1) is 0 Å². The summed E-state index contributed by atoms with van der Waals surface area (Å²) in [4.78, 5) is 10.2. The lowest BCUT2D eigenvalue weighted by Gasteiger charge is -2.06. The highest BCUT2D eigenvalue weighted by atomic mass is 32.2. The Morgan fingerprint density at radius 3 is 2.45 bits per heavy atom. The lowest BCUT2D eigenvalue weighted by Crippen LogP contribution is -2.32. The molecule has 1 unspecified atom stereocenters. The van der Waals surface area contributed by atoms with Gasteiger partial charge < -0.3 is 10.8 Å². The van der Waals surface area contributed by atoms with E-state index in [1.807, 2.05) is 0 Å². The van der Waals surface area contributed by atoms with Crippen molar-refractivity contribution in [1.29, 1.82) is 0 Å². The highest BCUT2D eigenvalue weighted by Crippen LogP contribution is 2.07. The SMILES string of the molecule is CC(C)CSCC(N)C(=O)O. The largest absolute Gasteiger partial charge is 0.480 e. The van der Waals surface area contributed by atoms with Crippen LogP contribution in [0.15, 0.2) is 0 Å². The maximum Gasteiger partial charge on any atom is 0.321 e. The predicted molar refractivity (Wildman–Crippen MR) is 47.8 cm³/mol. The van der Waals surface area contributed by atoms with Gasteiger partial charge in [0, 0.05) is 5.75 Å². The van der Waals surface area contributed by atoms with Gasteiger partial charge >= 0.3 is 5.97 Å². The van der Waals surface area contributed by atoms with Gasteiger partial charge in [-0.1, -0.05) is 13.8 Å². The van der Waals surface area contributed by atoms with Crippen LogP contribution >= 0.6 is 11.8 Å². The van der Waals surface area contributed by atoms with Crippen LogP contribution in [0.4, 0.5) is 0 Å². The number of rotatable bonds is 5. The summed E-state index contributed by atoms with van der Waals surface area (Å²) in [5, 5.41) is 8.41. The normalized spacial score (nSPS) is 13.5. The lowest BCUT2D eigenvalue weighted by atomic mass is 10.3. The third-order valence-corrected chi connectivity index (χ3v) is 2.56. The van der Waals surface area contributed by atoms with Crippen LogP contribution in [0.5, 0.6) is 0 Å². The van der Waals surface area contributed by atoms with Gasteiger partial charge in [-0.25, -0.2) is 0 Å². The number of hydrogen-bond donors (Lipinski definition) is 2. The first-order chi connectivity index (χ1) is 5.04. The van der Waals surface area contributed by atoms with E-state index in [9.17, 15) is 4.79 Å². The van der Waals surface area contributed by atoms with E-state index in [-0.39, 0.29) is 0 Å². The van der Waals surface area contributed by atoms with Crippen LogP contribution in [0.1, 0.15) is 13.8 Å². The lowest BCUT2D eigenvalue weighted by molar-refractivity contribution is -0.137. The van der Waals surface area contributed by atoms with Crippen molar-refractivity contribution < 1.29 is 9.90 Å². The van der Waals surface area contributed by atoms with Crippen molar-refractivity contribution in [3.8, 4) is 0 Å². The Labute approximate surface area is 71.3 Å². The van der Waals surface area contributed by atoms with Gasteiger partial charge in [0.25, 0.3) is 0 Å². The summed E-state index contributed by atoms with van der Waals surface area (Å²) in [5.74, 6) is 1.16. The standard InChI is InChI=1S/C7H15NO2S/c1-5(2)3-11-4-6(8)7(9)10/h5-6H,3-4,8H2,1-2H3,(H,9,10). The second-order valence-corrected chi connectivity index (χ2v) is 3.95. The van der Waals surface area contributed by atoms with Gasteiger partial charge in [-0.2, -0.15) is 11.8 Å². The number of nitrogens with two attached hydrogens (primary N) is 1. The second-order valence-electron chi connectivity index (χ2n) is 2.88. The van der Waals surface area contributed by atoms with Crippen LogP contribution in [-0.2, 0) is 4.79 Å². The van der Waals surface area contributed by atoms with E-state index in [1.165, 1.54) is 0 Å². The van der Waals surface area contributed by atoms with Gasteiger partial charge in [-0.3, -0.25) is 4.79 Å². The average molecular weight is 177 g/mol. The van der Waals surface area contributed by atoms with E-state index >= 15 is 0 Å². The molecular weight excluding hydrogens is 162 g/mol. The molecule has 0 saturated heterocycles. The summed E-state index contributed by atoms with van der Waals surface area (Å²) in [6, 6.07) is -0.709. The summed E-state index contributed by atoms with van der Waals surface area (Å²) < 4.78 is 0. The quantitative estimate of drug-likeness (QED) is 0.651. The van der Waals surface area contributed by atoms with E-state index in [1.54, 1.807) is 11.8 Å². The van der Waals surface area contributed by atoms with E-state index in [2.05, 4.69) is 13.8 Å². The van der Waals surface area contributed by atoms with E-state index in [0.717, 1.165) is 5.75 Å². The summed E-state index contributed by atoms with van der Waals surface area (Å²) in [5.41, 5.74) is 5.28. The molecule has 0 amide bonds. The molecule has 0 fully saturated rings. The monoisotopic (exact) mass is 177 g/mol. The molecule has 0 aliphatic carbocycles. The third-order valence-electron chi connectivity index (χ3n) is 1.07. The molecule has 3 N–H and O–H groups in total. The number of carbonyl (C=O) groups is 1. The summed E-state index contributed by atoms with van der Waals surface area (Å²) in [6.07, 6.45) is 0. The van der Waals surface area contributed by atoms with E-state index in [4.69, 9.17) is 10.8 Å². The minimum absolute atomic E-state index is 0.507. The van der Waals surface area contributed by atoms with Crippen molar-refractivity contribution in [1.82, 2.24) is 0 Å². The Kier molecular flexibility index (Phi) is 5.32. The minimum Gasteiger partial charge on any atom is -0.480 e. The maximum absolute atomic E-state index is 10.2. The Morgan fingerprint density at radius 1 is 1.55 bits per heavy atom. The molecule has 0 saturated carbocycles. The summed E-state index contributed by atoms with van der Waals surface area (Å²) in [7, 11) is 0. The Hall–Kier alpha value is -0.220. The fourth-order valence-corrected chi connectivity index (χ4v) is 1.51. The fraction of sp³-hybridized carbons (Fsp3) is 0.857. The molecule has 0 aromatic heterocycles. The second kappa shape index (κ2) is 5.43. The Bertz CT molecular complexity index is 128. The van der Waals surface area contributed by atoms with Crippen molar-refractivity contribution in [2.75, 3.05) is 11.5 Å². The van der Waals surface area contributed by atoms with Crippen LogP contribution in [0.25, 0.3) is 0 Å². The molecule has 0 heterocycles. The maximum atomic E-state index is 10.2. The molecule has 0 rings (SSSR count). The summed E-state index contributed by atoms with van der Waals surface area (Å²) in [6.45, 7) is 4.19. The molecule has 0 aromatic carbocycles. The molecule has 0 radical (unpaired) electrons. The highest BCUT2D eigenvalue weighted by molar-refractivity contribution is 7.99. The average Bonchev–Trinajstić information content (AvgIpc) is 1.86. The minimum atomic E-state index is -0.916. The van der Waals surface area contributed by atoms with Crippen molar-refractivity contribution in [2.24, 2.45) is 11.7 Å². The number of thioether (sulfide) groups is 1. The van der Waals surface area contributed by atoms with Crippen LogP contribution in [0.3, 0.4) is 0 Å². The molecule has 11 heavy (non-hydrogen) atoms. The molecule has 66 valence electrons. The van der Waals surface area contributed by atoms with Crippen LogP contribution in [-0.4, -0.2) is 28.6 Å². The first-order valence-corrected chi connectivity index (χ1v) is 4.75. The Balaban J connectivity index is 3.31. The molecule has 3 nitrogen and oxygen atoms in total. The van der Waals surface area contributed by atoms with Crippen LogP contribution in [0.2, 0.25) is 0 Å². The van der Waals surface area contributed by atoms with E-state index in [0.29, 0.717) is 11.7 Å². The molecule has 4 heteroatoms. The molecule has 0 bridgehead atoms. The van der Waals surface area contributed by atoms with Gasteiger partial charge in [0.15, 0.2) is 0 Å². The summed E-state index contributed by atoms with van der Waals surface area (Å²) >= 11 is 1.59. The number of carboxylic acids is 1. The Morgan fingerprint density at radius 2 is 2.09 bits per heavy atom. The first-order valence-electron chi connectivity index (χ1n) is 3.60. The number of carboxylic acid groups (broad SMARTS) is 1. The van der Waals surface area contributed by atoms with Crippen molar-refractivity contribution in [2.45, 2.75) is 19.9 Å². The van der Waals surface area contributed by atoms with Crippen molar-refractivity contribution >= 4 is 17.7 Å². The zero-order valence-corrected chi connectivity index (χ0v) is 7.73. The number of hydrogen-bond acceptors (Lipinski definition) is 3. The topological polar surface area (TPSA) is 63.3 Å². The van der Waals surface area contributed by atoms with Crippen molar-refractivity contribution in [3.63, 3.8) is 0 Å². The van der Waals surface area contributed by atoms with E-state index < -0.39 is 12.0 Å². The smallest absolute Gasteiger partial charge is 0.321 e. The third kappa shape index (κ3) is 6.19. The zero-order chi connectivity index (χ0) is 8.85. The molecule has 1 atom stereocenters. The van der Waals surface area contributed by atoms with Gasteiger partial charge in [0.1, 0.15) is 6.04 Å². The fourth-order valence-electron chi connectivity index (χ4n) is 0.502. The predicted octanol–water partition coefficient (Wildman–Crippen LogP) is 0.788. The highest BCUT2D eigenvalue weighted by Gasteiger charge is 2.10. The van der Waals surface area contributed by atoms with Gasteiger partial charge in [0.05, 0.1) is 0 Å². The molecule has 0 aliphatic rings. The van der Waals surface area contributed by atoms with Crippen molar-refractivity contribution in [3.05, 3.63) is 0 Å². The first kappa shape index (κ1) is 10.8. The van der Waals surface area contributed by atoms with Gasteiger partial charge in [0.2, 0.25) is 0 Å².